The Bertz CT molecular complexity index is 667. The molecule has 0 saturated carbocycles. The number of nitrogens with one attached hydrogen (secondary N) is 2. The number of nitrogens with zero attached hydrogens (tertiary/aromatic N) is 1. The van der Waals surface area contributed by atoms with Crippen LogP contribution in [0.25, 0.3) is 0 Å². The highest BCUT2D eigenvalue weighted by Gasteiger charge is 2.33. The first-order valence-corrected chi connectivity index (χ1v) is 8.72. The minimum Gasteiger partial charge on any atom is -0.405 e. The van der Waals surface area contributed by atoms with Crippen molar-refractivity contribution in [2.45, 2.75) is 51.2 Å². The SMILES string of the molecule is CC(=O)NC[C@H]1CC[C@@H](CC(=O)NCc2ccccc2OC(F)(F)F)N1C. The molecule has 1 aliphatic rings. The molecule has 2 N–H and O–H groups in total. The van der Waals surface area contributed by atoms with E-state index in [2.05, 4.69) is 20.3 Å². The molecule has 6 nitrogen and oxygen atoms in total. The van der Waals surface area contributed by atoms with Gasteiger partial charge in [-0.15, -0.1) is 13.2 Å². The third-order valence-electron chi connectivity index (χ3n) is 4.67. The topological polar surface area (TPSA) is 70.7 Å². The summed E-state index contributed by atoms with van der Waals surface area (Å²) in [7, 11) is 1.91. The molecule has 0 unspecified atom stereocenters. The highest BCUT2D eigenvalue weighted by atomic mass is 19.4. The molecular weight excluding hydrogens is 363 g/mol. The lowest BCUT2D eigenvalue weighted by molar-refractivity contribution is -0.274. The lowest BCUT2D eigenvalue weighted by atomic mass is 10.1. The van der Waals surface area contributed by atoms with Crippen molar-refractivity contribution >= 4 is 11.8 Å². The third-order valence-corrected chi connectivity index (χ3v) is 4.67. The Morgan fingerprint density at radius 3 is 2.52 bits per heavy atom. The number of likely N-dealkylation sites (tertiary alicyclic amines) is 1. The molecule has 1 aromatic rings. The fourth-order valence-electron chi connectivity index (χ4n) is 3.20. The molecule has 0 bridgehead atoms. The molecule has 150 valence electrons. The van der Waals surface area contributed by atoms with Crippen LogP contribution in [-0.2, 0) is 16.1 Å². The second kappa shape index (κ2) is 9.07. The first-order chi connectivity index (χ1) is 12.7. The molecule has 1 fully saturated rings. The van der Waals surface area contributed by atoms with E-state index < -0.39 is 6.36 Å². The molecule has 0 aromatic heterocycles. The second-order valence-corrected chi connectivity index (χ2v) is 6.62. The number of hydrogen-bond acceptors (Lipinski definition) is 4. The number of halogens is 3. The maximum Gasteiger partial charge on any atom is 0.573 e. The van der Waals surface area contributed by atoms with Gasteiger partial charge < -0.3 is 15.4 Å². The Balaban J connectivity index is 1.84. The molecule has 0 radical (unpaired) electrons. The molecule has 1 saturated heterocycles. The molecular formula is C18H24F3N3O3. The van der Waals surface area contributed by atoms with Crippen LogP contribution in [0.4, 0.5) is 13.2 Å². The first-order valence-electron chi connectivity index (χ1n) is 8.72. The van der Waals surface area contributed by atoms with Crippen LogP contribution in [-0.4, -0.2) is 48.8 Å². The van der Waals surface area contributed by atoms with Crippen LogP contribution < -0.4 is 15.4 Å². The van der Waals surface area contributed by atoms with E-state index in [0.717, 1.165) is 12.8 Å². The second-order valence-electron chi connectivity index (χ2n) is 6.62. The van der Waals surface area contributed by atoms with E-state index in [9.17, 15) is 22.8 Å². The summed E-state index contributed by atoms with van der Waals surface area (Å²) in [6, 6.07) is 5.92. The number of rotatable bonds is 7. The van der Waals surface area contributed by atoms with E-state index >= 15 is 0 Å². The molecule has 0 aliphatic carbocycles. The number of carbonyl (C=O) groups is 2. The fraction of sp³-hybridized carbons (Fsp3) is 0.556. The number of amides is 2. The summed E-state index contributed by atoms with van der Waals surface area (Å²) in [5.41, 5.74) is 0.256. The Hall–Kier alpha value is -2.29. The average Bonchev–Trinajstić information content (AvgIpc) is 2.91. The number of likely N-dealkylation sites (N-methyl/N-ethyl adjacent to an activating group) is 1. The zero-order valence-corrected chi connectivity index (χ0v) is 15.3. The normalized spacial score (nSPS) is 20.3. The number of alkyl halides is 3. The molecule has 1 heterocycles. The van der Waals surface area contributed by atoms with Crippen LogP contribution in [0.15, 0.2) is 24.3 Å². The van der Waals surface area contributed by atoms with Gasteiger partial charge in [-0.3, -0.25) is 14.5 Å². The quantitative estimate of drug-likeness (QED) is 0.753. The van der Waals surface area contributed by atoms with Gasteiger partial charge in [0, 0.05) is 44.1 Å². The van der Waals surface area contributed by atoms with Gasteiger partial charge in [-0.2, -0.15) is 0 Å². The van der Waals surface area contributed by atoms with Crippen molar-refractivity contribution in [1.82, 2.24) is 15.5 Å². The van der Waals surface area contributed by atoms with Crippen molar-refractivity contribution in [3.63, 3.8) is 0 Å². The molecule has 2 atom stereocenters. The summed E-state index contributed by atoms with van der Waals surface area (Å²) in [5.74, 6) is -0.656. The van der Waals surface area contributed by atoms with Gasteiger partial charge in [-0.05, 0) is 26.0 Å². The van der Waals surface area contributed by atoms with Crippen molar-refractivity contribution in [2.24, 2.45) is 0 Å². The summed E-state index contributed by atoms with van der Waals surface area (Å²) in [5, 5.41) is 5.43. The molecule has 0 spiro atoms. The highest BCUT2D eigenvalue weighted by molar-refractivity contribution is 5.76. The molecule has 1 aromatic carbocycles. The van der Waals surface area contributed by atoms with Gasteiger partial charge in [0.1, 0.15) is 5.75 Å². The van der Waals surface area contributed by atoms with E-state index in [-0.39, 0.29) is 48.2 Å². The van der Waals surface area contributed by atoms with Gasteiger partial charge >= 0.3 is 6.36 Å². The Morgan fingerprint density at radius 2 is 1.85 bits per heavy atom. The third kappa shape index (κ3) is 6.74. The lowest BCUT2D eigenvalue weighted by Crippen LogP contribution is -2.42. The first kappa shape index (κ1) is 21.0. The number of para-hydroxylation sites is 1. The predicted molar refractivity (Wildman–Crippen MR) is 92.8 cm³/mol. The largest absolute Gasteiger partial charge is 0.573 e. The molecule has 1 aliphatic heterocycles. The van der Waals surface area contributed by atoms with Gasteiger partial charge in [-0.25, -0.2) is 0 Å². The maximum atomic E-state index is 12.4. The number of hydrogen-bond donors (Lipinski definition) is 2. The van der Waals surface area contributed by atoms with Crippen LogP contribution in [0.2, 0.25) is 0 Å². The van der Waals surface area contributed by atoms with Gasteiger partial charge in [0.2, 0.25) is 11.8 Å². The summed E-state index contributed by atoms with van der Waals surface area (Å²) < 4.78 is 41.3. The van der Waals surface area contributed by atoms with Crippen LogP contribution in [0.1, 0.15) is 31.7 Å². The van der Waals surface area contributed by atoms with Gasteiger partial charge in [0.25, 0.3) is 0 Å². The summed E-state index contributed by atoms with van der Waals surface area (Å²) in [6.45, 7) is 1.95. The zero-order valence-electron chi connectivity index (χ0n) is 15.3. The smallest absolute Gasteiger partial charge is 0.405 e. The maximum absolute atomic E-state index is 12.4. The van der Waals surface area contributed by atoms with E-state index in [4.69, 9.17) is 0 Å². The van der Waals surface area contributed by atoms with Gasteiger partial charge in [-0.1, -0.05) is 18.2 Å². The van der Waals surface area contributed by atoms with Crippen LogP contribution in [0.5, 0.6) is 5.75 Å². The fourth-order valence-corrected chi connectivity index (χ4v) is 3.20. The van der Waals surface area contributed by atoms with E-state index in [1.807, 2.05) is 7.05 Å². The minimum absolute atomic E-state index is 0.0328. The molecule has 2 amide bonds. The van der Waals surface area contributed by atoms with Crippen LogP contribution >= 0.6 is 0 Å². The Kier molecular flexibility index (Phi) is 7.06. The molecule has 2 rings (SSSR count). The summed E-state index contributed by atoms with van der Waals surface area (Å²) in [6.07, 6.45) is -2.84. The standard InChI is InChI=1S/C18H24F3N3O3/c1-12(25)22-11-15-8-7-14(24(15)2)9-17(26)23-10-13-5-3-4-6-16(13)27-18(19,20)21/h3-6,14-15H,7-11H2,1-2H3,(H,22,25)(H,23,26)/t14-,15+/m0/s1. The van der Waals surface area contributed by atoms with Crippen LogP contribution in [0.3, 0.4) is 0 Å². The number of carbonyl (C=O) groups excluding carboxylic acids is 2. The van der Waals surface area contributed by atoms with Crippen LogP contribution in [0, 0.1) is 0 Å². The van der Waals surface area contributed by atoms with E-state index in [0.29, 0.717) is 6.54 Å². The van der Waals surface area contributed by atoms with E-state index in [1.165, 1.54) is 25.1 Å². The lowest BCUT2D eigenvalue weighted by Gasteiger charge is -2.25. The summed E-state index contributed by atoms with van der Waals surface area (Å²) in [4.78, 5) is 25.3. The van der Waals surface area contributed by atoms with Crippen molar-refractivity contribution < 1.29 is 27.5 Å². The number of ether oxygens (including phenoxy) is 1. The summed E-state index contributed by atoms with van der Waals surface area (Å²) >= 11 is 0. The van der Waals surface area contributed by atoms with Crippen molar-refractivity contribution in [3.8, 4) is 5.75 Å². The predicted octanol–water partition coefficient (Wildman–Crippen LogP) is 2.19. The Morgan fingerprint density at radius 1 is 1.19 bits per heavy atom. The van der Waals surface area contributed by atoms with Crippen molar-refractivity contribution in [2.75, 3.05) is 13.6 Å². The van der Waals surface area contributed by atoms with E-state index in [1.54, 1.807) is 6.07 Å². The average molecular weight is 387 g/mol. The van der Waals surface area contributed by atoms with Gasteiger partial charge in [0.05, 0.1) is 0 Å². The molecule has 9 heteroatoms. The molecule has 27 heavy (non-hydrogen) atoms. The zero-order chi connectivity index (χ0) is 20.0. The number of benzene rings is 1. The highest BCUT2D eigenvalue weighted by Crippen LogP contribution is 2.27. The van der Waals surface area contributed by atoms with Crippen molar-refractivity contribution in [1.29, 1.82) is 0 Å². The minimum atomic E-state index is -4.78. The monoisotopic (exact) mass is 387 g/mol. The van der Waals surface area contributed by atoms with Gasteiger partial charge in [0.15, 0.2) is 0 Å². The Labute approximate surface area is 156 Å². The van der Waals surface area contributed by atoms with Crippen molar-refractivity contribution in [3.05, 3.63) is 29.8 Å².